The number of hydrogen-bond acceptors (Lipinski definition) is 3. The Balaban J connectivity index is 0.00000385. The summed E-state index contributed by atoms with van der Waals surface area (Å²) in [6.07, 6.45) is 4.38. The molecule has 2 N–H and O–H groups in total. The Hall–Kier alpha value is -1.87. The number of nitrogens with zero attached hydrogens (tertiary/aromatic N) is 2. The van der Waals surface area contributed by atoms with Crippen LogP contribution in [-0.2, 0) is 17.8 Å². The van der Waals surface area contributed by atoms with Gasteiger partial charge in [-0.1, -0.05) is 51.1 Å². The van der Waals surface area contributed by atoms with Gasteiger partial charge in [0.2, 0.25) is 0 Å². The zero-order chi connectivity index (χ0) is 23.0. The summed E-state index contributed by atoms with van der Waals surface area (Å²) in [5.41, 5.74) is 2.38. The van der Waals surface area contributed by atoms with Crippen molar-refractivity contribution in [3.05, 3.63) is 70.1 Å². The molecule has 182 valence electrons. The van der Waals surface area contributed by atoms with Crippen molar-refractivity contribution in [1.29, 1.82) is 0 Å². The molecule has 2 unspecified atom stereocenters. The molecule has 0 spiro atoms. The molecule has 0 amide bonds. The first-order chi connectivity index (χ1) is 15.4. The Labute approximate surface area is 215 Å². The molecule has 1 aliphatic rings. The van der Waals surface area contributed by atoms with Crippen LogP contribution in [-0.4, -0.2) is 36.3 Å². The van der Waals surface area contributed by atoms with Crippen LogP contribution in [0, 0.1) is 11.3 Å². The topological polar surface area (TPSA) is 67.7 Å². The molecule has 7 heteroatoms. The molecular weight excluding hydrogens is 527 g/mol. The minimum Gasteiger partial charge on any atom is -0.377 e. The molecule has 2 atom stereocenters. The largest absolute Gasteiger partial charge is 0.377 e. The molecule has 0 aliphatic carbocycles. The third-order valence-electron chi connectivity index (χ3n) is 5.87. The van der Waals surface area contributed by atoms with Crippen molar-refractivity contribution in [3.8, 4) is 0 Å². The van der Waals surface area contributed by atoms with Crippen molar-refractivity contribution >= 4 is 29.9 Å². The van der Waals surface area contributed by atoms with Crippen LogP contribution in [0.15, 0.2) is 58.4 Å². The number of guanidine groups is 1. The van der Waals surface area contributed by atoms with Gasteiger partial charge in [-0.2, -0.15) is 0 Å². The number of halogens is 1. The van der Waals surface area contributed by atoms with E-state index in [9.17, 15) is 4.79 Å². The van der Waals surface area contributed by atoms with Gasteiger partial charge in [-0.25, -0.2) is 4.99 Å². The fourth-order valence-electron chi connectivity index (χ4n) is 4.29. The lowest BCUT2D eigenvalue weighted by Gasteiger charge is -2.40. The van der Waals surface area contributed by atoms with E-state index in [0.29, 0.717) is 19.0 Å². The SMILES string of the molecule is CCNC(=NCc1ccc(Cn2ccccc2=O)cc1)NCC1CCCOC1C(C)(C)C.I. The molecule has 6 nitrogen and oxygen atoms in total. The van der Waals surface area contributed by atoms with Crippen LogP contribution in [0.4, 0.5) is 0 Å². The molecule has 1 aromatic carbocycles. The van der Waals surface area contributed by atoms with Crippen molar-refractivity contribution in [3.63, 3.8) is 0 Å². The number of benzene rings is 1. The third kappa shape index (κ3) is 8.45. The summed E-state index contributed by atoms with van der Waals surface area (Å²) in [6, 6.07) is 13.5. The maximum absolute atomic E-state index is 11.9. The number of aromatic nitrogens is 1. The lowest BCUT2D eigenvalue weighted by Crippen LogP contribution is -2.47. The van der Waals surface area contributed by atoms with Crippen molar-refractivity contribution in [2.75, 3.05) is 19.7 Å². The normalized spacial score (nSPS) is 19.0. The summed E-state index contributed by atoms with van der Waals surface area (Å²) < 4.78 is 7.82. The standard InChI is InChI=1S/C26H38N4O2.HI/c1-5-27-25(29-18-22-9-8-16-32-24(22)26(2,3)4)28-17-20-11-13-21(14-12-20)19-30-15-7-6-10-23(30)31;/h6-7,10-15,22,24H,5,8-9,16-19H2,1-4H3,(H2,27,28,29);1H. The molecule has 1 saturated heterocycles. The van der Waals surface area contributed by atoms with Crippen LogP contribution in [0.5, 0.6) is 0 Å². The van der Waals surface area contributed by atoms with Gasteiger partial charge in [0.15, 0.2) is 5.96 Å². The Morgan fingerprint density at radius 1 is 1.12 bits per heavy atom. The first-order valence-electron chi connectivity index (χ1n) is 11.7. The first-order valence-corrected chi connectivity index (χ1v) is 11.7. The number of rotatable bonds is 7. The maximum Gasteiger partial charge on any atom is 0.250 e. The van der Waals surface area contributed by atoms with E-state index in [0.717, 1.165) is 43.2 Å². The lowest BCUT2D eigenvalue weighted by molar-refractivity contribution is -0.0835. The van der Waals surface area contributed by atoms with Crippen molar-refractivity contribution in [1.82, 2.24) is 15.2 Å². The Morgan fingerprint density at radius 3 is 2.52 bits per heavy atom. The van der Waals surface area contributed by atoms with Gasteiger partial charge >= 0.3 is 0 Å². The summed E-state index contributed by atoms with van der Waals surface area (Å²) in [6.45, 7) is 12.6. The Bertz CT molecular complexity index is 934. The number of aliphatic imine (C=N–C) groups is 1. The highest BCUT2D eigenvalue weighted by Gasteiger charge is 2.35. The number of pyridine rings is 1. The number of ether oxygens (including phenoxy) is 1. The summed E-state index contributed by atoms with van der Waals surface area (Å²) in [7, 11) is 0. The van der Waals surface area contributed by atoms with Gasteiger partial charge in [-0.3, -0.25) is 4.79 Å². The highest BCUT2D eigenvalue weighted by Crippen LogP contribution is 2.33. The van der Waals surface area contributed by atoms with Gasteiger partial charge in [-0.05, 0) is 42.4 Å². The minimum atomic E-state index is 0. The van der Waals surface area contributed by atoms with Crippen LogP contribution >= 0.6 is 24.0 Å². The molecule has 1 aromatic heterocycles. The van der Waals surface area contributed by atoms with E-state index in [1.807, 2.05) is 12.3 Å². The second-order valence-corrected chi connectivity index (χ2v) is 9.62. The van der Waals surface area contributed by atoms with Gasteiger partial charge in [0.1, 0.15) is 0 Å². The molecular formula is C26H39IN4O2. The molecule has 2 heterocycles. The van der Waals surface area contributed by atoms with E-state index in [1.54, 1.807) is 16.7 Å². The zero-order valence-electron chi connectivity index (χ0n) is 20.3. The van der Waals surface area contributed by atoms with Crippen molar-refractivity contribution < 1.29 is 4.74 Å². The molecule has 0 bridgehead atoms. The summed E-state index contributed by atoms with van der Waals surface area (Å²) in [4.78, 5) is 16.7. The van der Waals surface area contributed by atoms with Gasteiger partial charge in [0, 0.05) is 37.9 Å². The fraction of sp³-hybridized carbons (Fsp3) is 0.538. The van der Waals surface area contributed by atoms with Crippen LogP contribution < -0.4 is 16.2 Å². The van der Waals surface area contributed by atoms with Crippen LogP contribution in [0.1, 0.15) is 51.7 Å². The second-order valence-electron chi connectivity index (χ2n) is 9.62. The smallest absolute Gasteiger partial charge is 0.250 e. The minimum absolute atomic E-state index is 0. The van der Waals surface area contributed by atoms with E-state index in [2.05, 4.69) is 62.6 Å². The van der Waals surface area contributed by atoms with E-state index in [-0.39, 0.29) is 41.1 Å². The quantitative estimate of drug-likeness (QED) is 0.296. The Morgan fingerprint density at radius 2 is 1.85 bits per heavy atom. The van der Waals surface area contributed by atoms with Gasteiger partial charge in [0.05, 0.1) is 19.2 Å². The fourth-order valence-corrected chi connectivity index (χ4v) is 4.29. The summed E-state index contributed by atoms with van der Waals surface area (Å²) in [5.74, 6) is 1.32. The van der Waals surface area contributed by atoms with Crippen LogP contribution in [0.25, 0.3) is 0 Å². The molecule has 33 heavy (non-hydrogen) atoms. The van der Waals surface area contributed by atoms with Crippen LogP contribution in [0.3, 0.4) is 0 Å². The molecule has 3 rings (SSSR count). The predicted molar refractivity (Wildman–Crippen MR) is 146 cm³/mol. The van der Waals surface area contributed by atoms with E-state index < -0.39 is 0 Å². The van der Waals surface area contributed by atoms with Gasteiger partial charge in [-0.15, -0.1) is 24.0 Å². The average molecular weight is 567 g/mol. The lowest BCUT2D eigenvalue weighted by atomic mass is 9.78. The van der Waals surface area contributed by atoms with Gasteiger partial charge in [0.25, 0.3) is 5.56 Å². The summed E-state index contributed by atoms with van der Waals surface area (Å²) >= 11 is 0. The van der Waals surface area contributed by atoms with E-state index >= 15 is 0 Å². The average Bonchev–Trinajstić information content (AvgIpc) is 2.78. The van der Waals surface area contributed by atoms with Gasteiger partial charge < -0.3 is 19.9 Å². The Kier molecular flexibility index (Phi) is 10.9. The summed E-state index contributed by atoms with van der Waals surface area (Å²) in [5, 5.41) is 6.89. The zero-order valence-corrected chi connectivity index (χ0v) is 22.7. The highest BCUT2D eigenvalue weighted by molar-refractivity contribution is 14.0. The third-order valence-corrected chi connectivity index (χ3v) is 5.87. The highest BCUT2D eigenvalue weighted by atomic mass is 127. The monoisotopic (exact) mass is 566 g/mol. The second kappa shape index (κ2) is 13.1. The first kappa shape index (κ1) is 27.4. The number of nitrogens with one attached hydrogen (secondary N) is 2. The van der Waals surface area contributed by atoms with Crippen molar-refractivity contribution in [2.45, 2.75) is 59.7 Å². The molecule has 1 fully saturated rings. The number of hydrogen-bond donors (Lipinski definition) is 2. The molecule has 2 aromatic rings. The molecule has 0 radical (unpaired) electrons. The maximum atomic E-state index is 11.9. The van der Waals surface area contributed by atoms with Crippen LogP contribution in [0.2, 0.25) is 0 Å². The molecule has 1 aliphatic heterocycles. The van der Waals surface area contributed by atoms with E-state index in [4.69, 9.17) is 9.73 Å². The van der Waals surface area contributed by atoms with E-state index in [1.165, 1.54) is 6.42 Å². The molecule has 0 saturated carbocycles. The predicted octanol–water partition coefficient (Wildman–Crippen LogP) is 4.41. The van der Waals surface area contributed by atoms with Crippen molar-refractivity contribution in [2.24, 2.45) is 16.3 Å².